The molecule has 0 fully saturated rings. The Balaban J connectivity index is 2.51. The normalized spacial score (nSPS) is 18.8. The first-order valence-corrected chi connectivity index (χ1v) is 4.06. The maximum absolute atomic E-state index is 12.6. The zero-order valence-corrected chi connectivity index (χ0v) is 7.16. The maximum atomic E-state index is 12.6. The highest BCUT2D eigenvalue weighted by Gasteiger charge is 2.43. The van der Waals surface area contributed by atoms with Gasteiger partial charge in [-0.1, -0.05) is 22.0 Å². The molecule has 0 unspecified atom stereocenters. The maximum Gasteiger partial charge on any atom is 0.277 e. The Bertz CT molecular complexity index is 307. The van der Waals surface area contributed by atoms with Gasteiger partial charge in [-0.15, -0.1) is 0 Å². The van der Waals surface area contributed by atoms with Crippen LogP contribution in [0.1, 0.15) is 11.1 Å². The summed E-state index contributed by atoms with van der Waals surface area (Å²) in [7, 11) is 0. The number of hydrogen-bond donors (Lipinski definition) is 0. The molecule has 0 atom stereocenters. The summed E-state index contributed by atoms with van der Waals surface area (Å²) in [5.41, 5.74) is 0.935. The van der Waals surface area contributed by atoms with Crippen molar-refractivity contribution in [2.45, 2.75) is 12.3 Å². The van der Waals surface area contributed by atoms with Crippen LogP contribution >= 0.6 is 15.9 Å². The number of benzene rings is 1. The van der Waals surface area contributed by atoms with Crippen LogP contribution in [-0.2, 0) is 12.3 Å². The molecule has 0 spiro atoms. The van der Waals surface area contributed by atoms with E-state index >= 15 is 0 Å². The van der Waals surface area contributed by atoms with Crippen LogP contribution in [0.15, 0.2) is 22.7 Å². The minimum Gasteiger partial charge on any atom is -0.201 e. The molecule has 0 aromatic heterocycles. The summed E-state index contributed by atoms with van der Waals surface area (Å²) in [6, 6.07) is 4.86. The summed E-state index contributed by atoms with van der Waals surface area (Å²) in [5.74, 6) is -2.57. The van der Waals surface area contributed by atoms with Crippen LogP contribution in [-0.4, -0.2) is 0 Å². The number of rotatable bonds is 0. The van der Waals surface area contributed by atoms with Crippen molar-refractivity contribution in [3.8, 4) is 0 Å². The van der Waals surface area contributed by atoms with E-state index in [0.29, 0.717) is 0 Å². The first-order valence-electron chi connectivity index (χ1n) is 3.26. The molecular formula is C8H5BrF2. The topological polar surface area (TPSA) is 0 Å². The van der Waals surface area contributed by atoms with Crippen LogP contribution in [0.2, 0.25) is 0 Å². The van der Waals surface area contributed by atoms with Gasteiger partial charge in [0, 0.05) is 16.5 Å². The molecule has 0 aliphatic heterocycles. The molecule has 1 aromatic carbocycles. The van der Waals surface area contributed by atoms with Crippen molar-refractivity contribution in [3.63, 3.8) is 0 Å². The highest BCUT2D eigenvalue weighted by molar-refractivity contribution is 9.10. The van der Waals surface area contributed by atoms with Crippen LogP contribution in [0, 0.1) is 0 Å². The fourth-order valence-electron chi connectivity index (χ4n) is 1.29. The van der Waals surface area contributed by atoms with Crippen molar-refractivity contribution in [2.75, 3.05) is 0 Å². The number of fused-ring (bicyclic) bond motifs is 1. The minimum atomic E-state index is -2.57. The van der Waals surface area contributed by atoms with Gasteiger partial charge < -0.3 is 0 Å². The van der Waals surface area contributed by atoms with Gasteiger partial charge in [-0.3, -0.25) is 0 Å². The van der Waals surface area contributed by atoms with E-state index in [9.17, 15) is 8.78 Å². The van der Waals surface area contributed by atoms with Crippen molar-refractivity contribution >= 4 is 15.9 Å². The van der Waals surface area contributed by atoms with E-state index in [0.717, 1.165) is 10.0 Å². The Morgan fingerprint density at radius 3 is 2.64 bits per heavy atom. The SMILES string of the molecule is FC1(F)Cc2cc(Br)ccc21. The smallest absolute Gasteiger partial charge is 0.201 e. The van der Waals surface area contributed by atoms with Gasteiger partial charge in [0.25, 0.3) is 5.92 Å². The summed E-state index contributed by atoms with van der Waals surface area (Å²) < 4.78 is 26.2. The van der Waals surface area contributed by atoms with E-state index in [1.54, 1.807) is 12.1 Å². The molecule has 0 saturated carbocycles. The standard InChI is InChI=1S/C8H5BrF2/c9-6-1-2-7-5(3-6)4-8(7,10)11/h1-3H,4H2. The second kappa shape index (κ2) is 2.03. The molecule has 0 N–H and O–H groups in total. The highest BCUT2D eigenvalue weighted by Crippen LogP contribution is 2.44. The average molecular weight is 219 g/mol. The van der Waals surface area contributed by atoms with Gasteiger partial charge in [0.15, 0.2) is 0 Å². The van der Waals surface area contributed by atoms with E-state index in [2.05, 4.69) is 15.9 Å². The minimum absolute atomic E-state index is 0.109. The zero-order chi connectivity index (χ0) is 8.06. The lowest BCUT2D eigenvalue weighted by Crippen LogP contribution is -2.29. The molecule has 0 heterocycles. The van der Waals surface area contributed by atoms with Crippen LogP contribution < -0.4 is 0 Å². The third-order valence-corrected chi connectivity index (χ3v) is 2.37. The third kappa shape index (κ3) is 0.984. The van der Waals surface area contributed by atoms with Crippen molar-refractivity contribution in [2.24, 2.45) is 0 Å². The number of halogens is 3. The Hall–Kier alpha value is -0.440. The number of hydrogen-bond acceptors (Lipinski definition) is 0. The van der Waals surface area contributed by atoms with Crippen molar-refractivity contribution in [3.05, 3.63) is 33.8 Å². The van der Waals surface area contributed by atoms with Crippen molar-refractivity contribution in [1.82, 2.24) is 0 Å². The molecule has 58 valence electrons. The van der Waals surface area contributed by atoms with Crippen LogP contribution in [0.5, 0.6) is 0 Å². The zero-order valence-electron chi connectivity index (χ0n) is 5.57. The molecule has 3 heteroatoms. The molecule has 0 bridgehead atoms. The summed E-state index contributed by atoms with van der Waals surface area (Å²) in [6.45, 7) is 0. The average Bonchev–Trinajstić information content (AvgIpc) is 1.85. The third-order valence-electron chi connectivity index (χ3n) is 1.87. The Labute approximate surface area is 71.4 Å². The lowest BCUT2D eigenvalue weighted by atomic mass is 9.85. The second-order valence-corrected chi connectivity index (χ2v) is 3.60. The first kappa shape index (κ1) is 7.22. The van der Waals surface area contributed by atoms with Gasteiger partial charge >= 0.3 is 0 Å². The molecule has 1 aliphatic carbocycles. The van der Waals surface area contributed by atoms with Gasteiger partial charge in [-0.05, 0) is 17.7 Å². The van der Waals surface area contributed by atoms with Gasteiger partial charge in [-0.25, -0.2) is 8.78 Å². The van der Waals surface area contributed by atoms with E-state index < -0.39 is 5.92 Å². The van der Waals surface area contributed by atoms with Crippen molar-refractivity contribution < 1.29 is 8.78 Å². The molecule has 0 radical (unpaired) electrons. The Kier molecular flexibility index (Phi) is 1.34. The predicted octanol–water partition coefficient (Wildman–Crippen LogP) is 3.10. The molecule has 0 saturated heterocycles. The van der Waals surface area contributed by atoms with E-state index in [-0.39, 0.29) is 12.0 Å². The summed E-state index contributed by atoms with van der Waals surface area (Å²) in [5, 5.41) is 0. The van der Waals surface area contributed by atoms with Gasteiger partial charge in [0.05, 0.1) is 0 Å². The molecular weight excluding hydrogens is 214 g/mol. The Morgan fingerprint density at radius 1 is 1.36 bits per heavy atom. The summed E-state index contributed by atoms with van der Waals surface area (Å²) >= 11 is 3.22. The largest absolute Gasteiger partial charge is 0.277 e. The Morgan fingerprint density at radius 2 is 2.09 bits per heavy atom. The highest BCUT2D eigenvalue weighted by atomic mass is 79.9. The first-order chi connectivity index (χ1) is 5.09. The quantitative estimate of drug-likeness (QED) is 0.628. The van der Waals surface area contributed by atoms with Gasteiger partial charge in [0.1, 0.15) is 0 Å². The van der Waals surface area contributed by atoms with Crippen LogP contribution in [0.25, 0.3) is 0 Å². The monoisotopic (exact) mass is 218 g/mol. The molecule has 1 aromatic rings. The van der Waals surface area contributed by atoms with E-state index in [4.69, 9.17) is 0 Å². The fourth-order valence-corrected chi connectivity index (χ4v) is 1.70. The lowest BCUT2D eigenvalue weighted by Gasteiger charge is -2.29. The van der Waals surface area contributed by atoms with Crippen molar-refractivity contribution in [1.29, 1.82) is 0 Å². The predicted molar refractivity (Wildman–Crippen MR) is 41.7 cm³/mol. The second-order valence-electron chi connectivity index (χ2n) is 2.68. The molecule has 0 amide bonds. The number of alkyl halides is 2. The molecule has 0 nitrogen and oxygen atoms in total. The fraction of sp³-hybridized carbons (Fsp3) is 0.250. The van der Waals surface area contributed by atoms with Gasteiger partial charge in [0.2, 0.25) is 0 Å². The molecule has 11 heavy (non-hydrogen) atoms. The summed E-state index contributed by atoms with van der Waals surface area (Å²) in [4.78, 5) is 0. The van der Waals surface area contributed by atoms with Gasteiger partial charge in [-0.2, -0.15) is 0 Å². The van der Waals surface area contributed by atoms with Crippen LogP contribution in [0.4, 0.5) is 8.78 Å². The molecule has 1 aliphatic rings. The van der Waals surface area contributed by atoms with E-state index in [1.807, 2.05) is 0 Å². The van der Waals surface area contributed by atoms with E-state index in [1.165, 1.54) is 6.07 Å². The van der Waals surface area contributed by atoms with Crippen LogP contribution in [0.3, 0.4) is 0 Å². The molecule has 2 rings (SSSR count). The lowest BCUT2D eigenvalue weighted by molar-refractivity contribution is -0.0288. The summed E-state index contributed by atoms with van der Waals surface area (Å²) in [6.07, 6.45) is -0.109.